The molecule has 0 radical (unpaired) electrons. The first-order valence-corrected chi connectivity index (χ1v) is 13.4. The highest BCUT2D eigenvalue weighted by molar-refractivity contribution is 6.30. The number of aliphatic hydroxyl groups excluding tert-OH is 1. The molecule has 0 spiro atoms. The number of rotatable bonds is 8. The number of Topliss-reactive ketones (excluding diaryl/α,β-unsaturated/α-hetero) is 2. The summed E-state index contributed by atoms with van der Waals surface area (Å²) in [4.78, 5) is 30.6. The quantitative estimate of drug-likeness (QED) is 0.419. The number of halogens is 3. The van der Waals surface area contributed by atoms with E-state index in [0.29, 0.717) is 41.3 Å². The van der Waals surface area contributed by atoms with Gasteiger partial charge in [-0.3, -0.25) is 14.6 Å². The number of carbonyl (C=O) groups is 2. The second-order valence-corrected chi connectivity index (χ2v) is 11.7. The lowest BCUT2D eigenvalue weighted by molar-refractivity contribution is -0.142. The number of aromatic nitrogens is 1. The standard InChI is InChI=1S/C29H32ClF2NO4/c1-27(31,32)18-2-4-20(33-17-18)5-7-26(36)29-11-8-28(9-12-29,10-13-29)16-23(35)25-15-22(34)21-14-19(30)3-6-24(21)37-25/h2-4,6,14,17,22,25,34H,5,7-13,15-16H2,1H3/t22-,25+,28?,29?/m1/s1. The molecule has 0 amide bonds. The van der Waals surface area contributed by atoms with E-state index in [4.69, 9.17) is 16.3 Å². The van der Waals surface area contributed by atoms with E-state index < -0.39 is 18.1 Å². The molecule has 1 aromatic carbocycles. The minimum atomic E-state index is -2.93. The zero-order valence-electron chi connectivity index (χ0n) is 20.9. The summed E-state index contributed by atoms with van der Waals surface area (Å²) >= 11 is 6.03. The Bertz CT molecular complexity index is 1170. The Morgan fingerprint density at radius 1 is 1.14 bits per heavy atom. The second-order valence-electron chi connectivity index (χ2n) is 11.3. The molecule has 3 saturated carbocycles. The predicted octanol–water partition coefficient (Wildman–Crippen LogP) is 6.53. The van der Waals surface area contributed by atoms with E-state index in [0.717, 1.165) is 45.4 Å². The molecular weight excluding hydrogens is 500 g/mol. The van der Waals surface area contributed by atoms with Crippen LogP contribution < -0.4 is 4.74 Å². The first-order chi connectivity index (χ1) is 17.5. The molecule has 2 heterocycles. The molecule has 37 heavy (non-hydrogen) atoms. The van der Waals surface area contributed by atoms with Gasteiger partial charge < -0.3 is 9.84 Å². The lowest BCUT2D eigenvalue weighted by Crippen LogP contribution is -2.48. The molecule has 3 aliphatic carbocycles. The number of aliphatic hydroxyl groups is 1. The van der Waals surface area contributed by atoms with Crippen molar-refractivity contribution < 1.29 is 28.2 Å². The normalized spacial score (nSPS) is 28.9. The fraction of sp³-hybridized carbons (Fsp3) is 0.552. The molecule has 198 valence electrons. The zero-order chi connectivity index (χ0) is 26.4. The lowest BCUT2D eigenvalue weighted by atomic mass is 9.51. The van der Waals surface area contributed by atoms with Gasteiger partial charge in [-0.2, -0.15) is 0 Å². The summed E-state index contributed by atoms with van der Waals surface area (Å²) in [6.07, 6.45) is 5.89. The average Bonchev–Trinajstić information content (AvgIpc) is 2.88. The Hall–Kier alpha value is -2.38. The van der Waals surface area contributed by atoms with Crippen molar-refractivity contribution in [1.82, 2.24) is 4.98 Å². The Morgan fingerprint density at radius 3 is 2.46 bits per heavy atom. The number of carbonyl (C=O) groups excluding carboxylic acids is 2. The predicted molar refractivity (Wildman–Crippen MR) is 135 cm³/mol. The average molecular weight is 532 g/mol. The van der Waals surface area contributed by atoms with Gasteiger partial charge in [-0.25, -0.2) is 8.78 Å². The SMILES string of the molecule is CC(F)(F)c1ccc(CCC(=O)C23CCC(CC(=O)[C@@H]4C[C@@H](O)c5cc(Cl)ccc5O4)(CC2)CC3)nc1. The van der Waals surface area contributed by atoms with Crippen molar-refractivity contribution >= 4 is 23.2 Å². The Labute approximate surface area is 220 Å². The van der Waals surface area contributed by atoms with Crippen LogP contribution in [-0.2, 0) is 21.9 Å². The number of alkyl halides is 2. The molecule has 2 bridgehead atoms. The van der Waals surface area contributed by atoms with Gasteiger partial charge in [0.05, 0.1) is 6.10 Å². The smallest absolute Gasteiger partial charge is 0.272 e. The summed E-state index contributed by atoms with van der Waals surface area (Å²) in [7, 11) is 0. The molecule has 2 aromatic rings. The maximum atomic E-state index is 13.4. The fourth-order valence-electron chi connectivity index (χ4n) is 6.38. The number of pyridine rings is 1. The number of nitrogens with zero attached hydrogens (tertiary/aromatic N) is 1. The van der Waals surface area contributed by atoms with E-state index in [2.05, 4.69) is 4.98 Å². The van der Waals surface area contributed by atoms with Crippen LogP contribution in [0.15, 0.2) is 36.5 Å². The first-order valence-electron chi connectivity index (χ1n) is 13.0. The third-order valence-corrected chi connectivity index (χ3v) is 9.11. The highest BCUT2D eigenvalue weighted by Crippen LogP contribution is 2.59. The number of ketones is 2. The van der Waals surface area contributed by atoms with E-state index in [1.54, 1.807) is 24.3 Å². The molecule has 0 saturated heterocycles. The lowest BCUT2D eigenvalue weighted by Gasteiger charge is -2.53. The number of fused-ring (bicyclic) bond motifs is 4. The van der Waals surface area contributed by atoms with Gasteiger partial charge in [0.2, 0.25) is 0 Å². The third-order valence-electron chi connectivity index (χ3n) is 8.88. The summed E-state index contributed by atoms with van der Waals surface area (Å²) in [6.45, 7) is 0.840. The van der Waals surface area contributed by atoms with Crippen molar-refractivity contribution in [2.75, 3.05) is 0 Å². The third kappa shape index (κ3) is 5.30. The van der Waals surface area contributed by atoms with Crippen LogP contribution in [0.4, 0.5) is 8.78 Å². The molecule has 1 aromatic heterocycles. The van der Waals surface area contributed by atoms with Crippen molar-refractivity contribution in [3.63, 3.8) is 0 Å². The van der Waals surface area contributed by atoms with Gasteiger partial charge in [0.1, 0.15) is 11.5 Å². The van der Waals surface area contributed by atoms with Crippen molar-refractivity contribution in [3.8, 4) is 5.75 Å². The highest BCUT2D eigenvalue weighted by Gasteiger charge is 2.52. The van der Waals surface area contributed by atoms with Crippen molar-refractivity contribution in [1.29, 1.82) is 0 Å². The highest BCUT2D eigenvalue weighted by atomic mass is 35.5. The number of hydrogen-bond donors (Lipinski definition) is 1. The summed E-state index contributed by atoms with van der Waals surface area (Å²) in [5, 5.41) is 11.1. The van der Waals surface area contributed by atoms with Gasteiger partial charge in [0.25, 0.3) is 5.92 Å². The van der Waals surface area contributed by atoms with Crippen LogP contribution in [0.2, 0.25) is 5.02 Å². The molecule has 6 rings (SSSR count). The van der Waals surface area contributed by atoms with E-state index in [1.165, 1.54) is 12.3 Å². The summed E-state index contributed by atoms with van der Waals surface area (Å²) in [5.74, 6) is -2.20. The van der Waals surface area contributed by atoms with Gasteiger partial charge in [-0.1, -0.05) is 11.6 Å². The van der Waals surface area contributed by atoms with Gasteiger partial charge in [-0.05, 0) is 80.7 Å². The summed E-state index contributed by atoms with van der Waals surface area (Å²) in [5.41, 5.74) is 0.659. The Morgan fingerprint density at radius 2 is 1.84 bits per heavy atom. The van der Waals surface area contributed by atoms with Crippen molar-refractivity contribution in [2.45, 2.75) is 89.3 Å². The van der Waals surface area contributed by atoms with Gasteiger partial charge >= 0.3 is 0 Å². The van der Waals surface area contributed by atoms with E-state index in [9.17, 15) is 23.5 Å². The molecule has 8 heteroatoms. The van der Waals surface area contributed by atoms with Crippen LogP contribution in [-0.4, -0.2) is 27.8 Å². The van der Waals surface area contributed by atoms with Crippen LogP contribution in [0.5, 0.6) is 5.75 Å². The zero-order valence-corrected chi connectivity index (χ0v) is 21.7. The largest absolute Gasteiger partial charge is 0.482 e. The maximum absolute atomic E-state index is 13.4. The molecule has 0 unspecified atom stereocenters. The summed E-state index contributed by atoms with van der Waals surface area (Å²) in [6, 6.07) is 8.01. The van der Waals surface area contributed by atoms with E-state index in [-0.39, 0.29) is 34.4 Å². The number of benzene rings is 1. The van der Waals surface area contributed by atoms with Crippen LogP contribution in [0.25, 0.3) is 0 Å². The van der Waals surface area contributed by atoms with Gasteiger partial charge in [0.15, 0.2) is 11.9 Å². The molecule has 2 atom stereocenters. The minimum absolute atomic E-state index is 0.00700. The number of aryl methyl sites for hydroxylation is 1. The molecule has 3 fully saturated rings. The molecule has 5 nitrogen and oxygen atoms in total. The summed E-state index contributed by atoms with van der Waals surface area (Å²) < 4.78 is 32.8. The van der Waals surface area contributed by atoms with E-state index in [1.807, 2.05) is 0 Å². The minimum Gasteiger partial charge on any atom is -0.482 e. The van der Waals surface area contributed by atoms with E-state index >= 15 is 0 Å². The van der Waals surface area contributed by atoms with Gasteiger partial charge in [-0.15, -0.1) is 0 Å². The Balaban J connectivity index is 1.16. The van der Waals surface area contributed by atoms with Crippen LogP contribution in [0.3, 0.4) is 0 Å². The number of hydrogen-bond acceptors (Lipinski definition) is 5. The maximum Gasteiger partial charge on any atom is 0.272 e. The topological polar surface area (TPSA) is 76.5 Å². The monoisotopic (exact) mass is 531 g/mol. The fourth-order valence-corrected chi connectivity index (χ4v) is 6.56. The van der Waals surface area contributed by atoms with Crippen LogP contribution in [0, 0.1) is 10.8 Å². The second kappa shape index (κ2) is 9.73. The molecule has 1 aliphatic heterocycles. The molecular formula is C29H32ClF2NO4. The van der Waals surface area contributed by atoms with Crippen molar-refractivity contribution in [2.24, 2.45) is 10.8 Å². The van der Waals surface area contributed by atoms with Gasteiger partial charge in [0, 0.05) is 59.6 Å². The number of ether oxygens (including phenoxy) is 1. The van der Waals surface area contributed by atoms with Crippen LogP contribution >= 0.6 is 11.6 Å². The first kappa shape index (κ1) is 26.2. The molecule has 4 aliphatic rings. The van der Waals surface area contributed by atoms with Crippen LogP contribution in [0.1, 0.15) is 87.6 Å². The Kier molecular flexibility index (Phi) is 6.90. The molecule has 1 N–H and O–H groups in total. The van der Waals surface area contributed by atoms with Crippen molar-refractivity contribution in [3.05, 3.63) is 58.4 Å².